The van der Waals surface area contributed by atoms with Gasteiger partial charge in [0.2, 0.25) is 5.91 Å². The second kappa shape index (κ2) is 7.31. The van der Waals surface area contributed by atoms with Crippen LogP contribution in [0.3, 0.4) is 0 Å². The number of nitrogens with two attached hydrogens (primary N) is 1. The van der Waals surface area contributed by atoms with E-state index in [9.17, 15) is 4.79 Å². The second-order valence-corrected chi connectivity index (χ2v) is 5.50. The number of ether oxygens (including phenoxy) is 2. The van der Waals surface area contributed by atoms with E-state index in [1.807, 2.05) is 18.2 Å². The Balaban J connectivity index is 2.08. The van der Waals surface area contributed by atoms with Crippen LogP contribution in [0.4, 0.5) is 0 Å². The van der Waals surface area contributed by atoms with Gasteiger partial charge in [-0.05, 0) is 44.7 Å². The van der Waals surface area contributed by atoms with Crippen molar-refractivity contribution in [3.8, 4) is 11.5 Å². The topological polar surface area (TPSA) is 73.6 Å². The molecule has 21 heavy (non-hydrogen) atoms. The number of carbonyl (C=O) groups is 1. The molecule has 0 spiro atoms. The lowest BCUT2D eigenvalue weighted by Crippen LogP contribution is -2.37. The number of nitrogens with one attached hydrogen (secondary N) is 1. The van der Waals surface area contributed by atoms with Gasteiger partial charge < -0.3 is 20.5 Å². The molecule has 0 aromatic heterocycles. The molecule has 1 amide bonds. The number of rotatable bonds is 6. The summed E-state index contributed by atoms with van der Waals surface area (Å²) in [6.45, 7) is 2.08. The fourth-order valence-electron chi connectivity index (χ4n) is 2.45. The van der Waals surface area contributed by atoms with Gasteiger partial charge in [-0.1, -0.05) is 0 Å². The maximum Gasteiger partial charge on any atom is 0.236 e. The first-order chi connectivity index (χ1) is 10.1. The van der Waals surface area contributed by atoms with E-state index in [-0.39, 0.29) is 12.0 Å². The van der Waals surface area contributed by atoms with Crippen molar-refractivity contribution >= 4 is 5.91 Å². The molecule has 0 bridgehead atoms. The van der Waals surface area contributed by atoms with Crippen LogP contribution < -0.4 is 20.5 Å². The first-order valence-electron chi connectivity index (χ1n) is 7.47. The van der Waals surface area contributed by atoms with Crippen molar-refractivity contribution in [2.45, 2.75) is 51.3 Å². The molecule has 0 aliphatic heterocycles. The Hall–Kier alpha value is -1.75. The van der Waals surface area contributed by atoms with E-state index in [0.717, 1.165) is 29.9 Å². The highest BCUT2D eigenvalue weighted by Crippen LogP contribution is 2.29. The van der Waals surface area contributed by atoms with Crippen LogP contribution in [-0.2, 0) is 11.3 Å². The SMILES string of the molecule is COc1ccc(CNC(=O)[C@H](C)N)c(OC2CCCC2)c1. The lowest BCUT2D eigenvalue weighted by atomic mass is 10.1. The van der Waals surface area contributed by atoms with Gasteiger partial charge in [-0.15, -0.1) is 0 Å². The van der Waals surface area contributed by atoms with Gasteiger partial charge in [-0.25, -0.2) is 0 Å². The molecule has 1 atom stereocenters. The van der Waals surface area contributed by atoms with Crippen LogP contribution in [0.15, 0.2) is 18.2 Å². The molecule has 2 rings (SSSR count). The quantitative estimate of drug-likeness (QED) is 0.841. The van der Waals surface area contributed by atoms with Crippen LogP contribution in [-0.4, -0.2) is 25.2 Å². The number of hydrogen-bond acceptors (Lipinski definition) is 4. The summed E-state index contributed by atoms with van der Waals surface area (Å²) < 4.78 is 11.3. The maximum absolute atomic E-state index is 11.6. The Morgan fingerprint density at radius 1 is 1.43 bits per heavy atom. The van der Waals surface area contributed by atoms with Crippen molar-refractivity contribution < 1.29 is 14.3 Å². The van der Waals surface area contributed by atoms with Crippen LogP contribution in [0.1, 0.15) is 38.2 Å². The molecule has 1 aliphatic rings. The Kier molecular flexibility index (Phi) is 5.44. The Labute approximate surface area is 125 Å². The molecule has 1 saturated carbocycles. The van der Waals surface area contributed by atoms with E-state index in [1.165, 1.54) is 12.8 Å². The van der Waals surface area contributed by atoms with Crippen molar-refractivity contribution in [2.75, 3.05) is 7.11 Å². The molecule has 5 nitrogen and oxygen atoms in total. The number of hydrogen-bond donors (Lipinski definition) is 2. The molecule has 1 aromatic rings. The van der Waals surface area contributed by atoms with Crippen molar-refractivity contribution in [2.24, 2.45) is 5.73 Å². The van der Waals surface area contributed by atoms with E-state index < -0.39 is 6.04 Å². The van der Waals surface area contributed by atoms with Crippen LogP contribution in [0.2, 0.25) is 0 Å². The van der Waals surface area contributed by atoms with Gasteiger partial charge in [0.25, 0.3) is 0 Å². The summed E-state index contributed by atoms with van der Waals surface area (Å²) in [5.41, 5.74) is 6.49. The van der Waals surface area contributed by atoms with E-state index in [0.29, 0.717) is 6.54 Å². The molecule has 1 aliphatic carbocycles. The van der Waals surface area contributed by atoms with Crippen LogP contribution in [0, 0.1) is 0 Å². The maximum atomic E-state index is 11.6. The lowest BCUT2D eigenvalue weighted by Gasteiger charge is -2.18. The van der Waals surface area contributed by atoms with E-state index in [2.05, 4.69) is 5.32 Å². The summed E-state index contributed by atoms with van der Waals surface area (Å²) in [5, 5.41) is 2.82. The average molecular weight is 292 g/mol. The molecule has 1 fully saturated rings. The summed E-state index contributed by atoms with van der Waals surface area (Å²) in [5.74, 6) is 1.37. The minimum Gasteiger partial charge on any atom is -0.497 e. The minimum atomic E-state index is -0.512. The third-order valence-electron chi connectivity index (χ3n) is 3.74. The fraction of sp³-hybridized carbons (Fsp3) is 0.562. The Morgan fingerprint density at radius 3 is 2.76 bits per heavy atom. The number of carbonyl (C=O) groups excluding carboxylic acids is 1. The highest BCUT2D eigenvalue weighted by Gasteiger charge is 2.18. The first kappa shape index (κ1) is 15.6. The van der Waals surface area contributed by atoms with Gasteiger partial charge in [0, 0.05) is 18.2 Å². The Bertz CT molecular complexity index is 482. The zero-order valence-electron chi connectivity index (χ0n) is 12.7. The molecule has 116 valence electrons. The normalized spacial score (nSPS) is 16.5. The number of methoxy groups -OCH3 is 1. The van der Waals surface area contributed by atoms with Crippen molar-refractivity contribution in [1.29, 1.82) is 0 Å². The smallest absolute Gasteiger partial charge is 0.236 e. The van der Waals surface area contributed by atoms with Gasteiger partial charge in [-0.2, -0.15) is 0 Å². The molecular weight excluding hydrogens is 268 g/mol. The summed E-state index contributed by atoms with van der Waals surface area (Å²) in [6.07, 6.45) is 4.86. The molecule has 0 unspecified atom stereocenters. The van der Waals surface area contributed by atoms with Crippen LogP contribution >= 0.6 is 0 Å². The minimum absolute atomic E-state index is 0.169. The standard InChI is InChI=1S/C16H24N2O3/c1-11(17)16(19)18-10-12-7-8-14(20-2)9-15(12)21-13-5-3-4-6-13/h7-9,11,13H,3-6,10,17H2,1-2H3,(H,18,19)/t11-/m0/s1. The zero-order chi connectivity index (χ0) is 15.2. The summed E-state index contributed by atoms with van der Waals surface area (Å²) in [4.78, 5) is 11.6. The van der Waals surface area contributed by atoms with Gasteiger partial charge in [0.05, 0.1) is 19.3 Å². The van der Waals surface area contributed by atoms with E-state index >= 15 is 0 Å². The monoisotopic (exact) mass is 292 g/mol. The molecular formula is C16H24N2O3. The highest BCUT2D eigenvalue weighted by molar-refractivity contribution is 5.81. The molecule has 0 saturated heterocycles. The largest absolute Gasteiger partial charge is 0.497 e. The number of amides is 1. The predicted molar refractivity (Wildman–Crippen MR) is 81.4 cm³/mol. The Morgan fingerprint density at radius 2 is 2.14 bits per heavy atom. The summed E-state index contributed by atoms with van der Waals surface area (Å²) in [7, 11) is 1.63. The second-order valence-electron chi connectivity index (χ2n) is 5.50. The molecule has 0 heterocycles. The van der Waals surface area contributed by atoms with E-state index in [4.69, 9.17) is 15.2 Å². The van der Waals surface area contributed by atoms with E-state index in [1.54, 1.807) is 14.0 Å². The predicted octanol–water partition coefficient (Wildman–Crippen LogP) is 1.98. The molecule has 0 radical (unpaired) electrons. The molecule has 3 N–H and O–H groups in total. The van der Waals surface area contributed by atoms with Gasteiger partial charge in [0.1, 0.15) is 11.5 Å². The summed E-state index contributed by atoms with van der Waals surface area (Å²) in [6, 6.07) is 5.16. The van der Waals surface area contributed by atoms with Crippen LogP contribution in [0.5, 0.6) is 11.5 Å². The number of benzene rings is 1. The first-order valence-corrected chi connectivity index (χ1v) is 7.47. The van der Waals surface area contributed by atoms with Crippen LogP contribution in [0.25, 0.3) is 0 Å². The van der Waals surface area contributed by atoms with Gasteiger partial charge in [0.15, 0.2) is 0 Å². The summed E-state index contributed by atoms with van der Waals surface area (Å²) >= 11 is 0. The van der Waals surface area contributed by atoms with Gasteiger partial charge >= 0.3 is 0 Å². The van der Waals surface area contributed by atoms with Crippen molar-refractivity contribution in [3.63, 3.8) is 0 Å². The lowest BCUT2D eigenvalue weighted by molar-refractivity contribution is -0.122. The van der Waals surface area contributed by atoms with Crippen molar-refractivity contribution in [3.05, 3.63) is 23.8 Å². The molecule has 1 aromatic carbocycles. The third kappa shape index (κ3) is 4.36. The molecule has 5 heteroatoms. The highest BCUT2D eigenvalue weighted by atomic mass is 16.5. The zero-order valence-corrected chi connectivity index (χ0v) is 12.7. The third-order valence-corrected chi connectivity index (χ3v) is 3.74. The fourth-order valence-corrected chi connectivity index (χ4v) is 2.45. The van der Waals surface area contributed by atoms with Gasteiger partial charge in [-0.3, -0.25) is 4.79 Å². The average Bonchev–Trinajstić information content (AvgIpc) is 2.98. The van der Waals surface area contributed by atoms with Crippen molar-refractivity contribution in [1.82, 2.24) is 5.32 Å².